The van der Waals surface area contributed by atoms with Gasteiger partial charge in [-0.15, -0.1) is 10.2 Å². The number of nitrogens with one attached hydrogen (secondary N) is 2. The zero-order valence-corrected chi connectivity index (χ0v) is 13.5. The van der Waals surface area contributed by atoms with Gasteiger partial charge in [0.05, 0.1) is 24.6 Å². The Morgan fingerprint density at radius 2 is 2.46 bits per heavy atom. The smallest absolute Gasteiger partial charge is 0.270 e. The second kappa shape index (κ2) is 6.49. The van der Waals surface area contributed by atoms with Gasteiger partial charge in [0, 0.05) is 19.6 Å². The molecule has 0 aromatic carbocycles. The van der Waals surface area contributed by atoms with Gasteiger partial charge < -0.3 is 19.9 Å². The number of amides is 1. The van der Waals surface area contributed by atoms with Crippen LogP contribution in [0.3, 0.4) is 0 Å². The summed E-state index contributed by atoms with van der Waals surface area (Å²) in [5.74, 6) is -0.239. The fourth-order valence-electron chi connectivity index (χ4n) is 2.57. The Labute approximate surface area is 141 Å². The first-order valence-electron chi connectivity index (χ1n) is 7.50. The lowest BCUT2D eigenvalue weighted by Crippen LogP contribution is -2.47. The summed E-state index contributed by atoms with van der Waals surface area (Å²) in [5, 5.41) is 11.7. The molecule has 1 aliphatic rings. The van der Waals surface area contributed by atoms with Gasteiger partial charge in [0.2, 0.25) is 5.13 Å². The van der Waals surface area contributed by atoms with Crippen LogP contribution >= 0.6 is 11.3 Å². The normalized spacial score (nSPS) is 18.0. The maximum Gasteiger partial charge on any atom is 0.270 e. The van der Waals surface area contributed by atoms with E-state index in [-0.39, 0.29) is 12.0 Å². The first-order chi connectivity index (χ1) is 11.8. The summed E-state index contributed by atoms with van der Waals surface area (Å²) in [6, 6.07) is 3.46. The van der Waals surface area contributed by atoms with Crippen LogP contribution in [0.1, 0.15) is 10.5 Å². The number of pyridine rings is 1. The Kier molecular flexibility index (Phi) is 4.05. The van der Waals surface area contributed by atoms with Gasteiger partial charge in [-0.25, -0.2) is 9.97 Å². The quantitative estimate of drug-likeness (QED) is 0.706. The van der Waals surface area contributed by atoms with E-state index in [1.165, 1.54) is 11.3 Å². The minimum absolute atomic E-state index is 0.0966. The Morgan fingerprint density at radius 3 is 3.33 bits per heavy atom. The number of nitrogens with zero attached hydrogens (tertiary/aromatic N) is 5. The number of morpholine rings is 1. The Bertz CT molecular complexity index is 835. The maximum absolute atomic E-state index is 12.3. The highest BCUT2D eigenvalue weighted by atomic mass is 32.1. The molecule has 3 aromatic heterocycles. The van der Waals surface area contributed by atoms with Gasteiger partial charge in [0.1, 0.15) is 11.2 Å². The van der Waals surface area contributed by atoms with Gasteiger partial charge in [0.25, 0.3) is 5.91 Å². The first kappa shape index (κ1) is 15.0. The molecule has 10 heteroatoms. The second-order valence-electron chi connectivity index (χ2n) is 5.34. The highest BCUT2D eigenvalue weighted by Gasteiger charge is 2.23. The van der Waals surface area contributed by atoms with E-state index >= 15 is 0 Å². The van der Waals surface area contributed by atoms with Crippen molar-refractivity contribution < 1.29 is 9.53 Å². The number of hydrogen-bond acceptors (Lipinski definition) is 8. The third kappa shape index (κ3) is 3.05. The number of aromatic amines is 1. The molecule has 1 unspecified atom stereocenters. The van der Waals surface area contributed by atoms with E-state index in [9.17, 15) is 4.79 Å². The van der Waals surface area contributed by atoms with Crippen molar-refractivity contribution in [2.45, 2.75) is 6.10 Å². The summed E-state index contributed by atoms with van der Waals surface area (Å²) in [5.41, 5.74) is 3.37. The molecule has 0 saturated carbocycles. The first-order valence-corrected chi connectivity index (χ1v) is 8.38. The number of H-pyrrole nitrogens is 1. The van der Waals surface area contributed by atoms with Gasteiger partial charge in [-0.2, -0.15) is 0 Å². The van der Waals surface area contributed by atoms with E-state index in [4.69, 9.17) is 4.74 Å². The molecule has 9 nitrogen and oxygen atoms in total. The minimum Gasteiger partial charge on any atom is -0.373 e. The molecular weight excluding hydrogens is 330 g/mol. The molecule has 1 fully saturated rings. The number of hydrogen-bond donors (Lipinski definition) is 2. The summed E-state index contributed by atoms with van der Waals surface area (Å²) in [7, 11) is 0. The van der Waals surface area contributed by atoms with Gasteiger partial charge in [-0.05, 0) is 12.1 Å². The summed E-state index contributed by atoms with van der Waals surface area (Å²) >= 11 is 1.50. The van der Waals surface area contributed by atoms with E-state index < -0.39 is 0 Å². The molecule has 3 aromatic rings. The third-order valence-corrected chi connectivity index (χ3v) is 4.51. The predicted octanol–water partition coefficient (Wildman–Crippen LogP) is 0.445. The number of aromatic nitrogens is 5. The maximum atomic E-state index is 12.3. The van der Waals surface area contributed by atoms with Gasteiger partial charge >= 0.3 is 0 Å². The lowest BCUT2D eigenvalue weighted by atomic mass is 10.2. The zero-order valence-electron chi connectivity index (χ0n) is 12.7. The van der Waals surface area contributed by atoms with Crippen LogP contribution in [0.15, 0.2) is 24.0 Å². The second-order valence-corrected chi connectivity index (χ2v) is 6.15. The molecular formula is C14H15N7O2S. The zero-order chi connectivity index (χ0) is 16.4. The number of anilines is 1. The van der Waals surface area contributed by atoms with Crippen molar-refractivity contribution >= 4 is 33.5 Å². The van der Waals surface area contributed by atoms with E-state index in [0.717, 1.165) is 17.2 Å². The van der Waals surface area contributed by atoms with Crippen LogP contribution in [0, 0.1) is 0 Å². The summed E-state index contributed by atoms with van der Waals surface area (Å²) in [6.07, 6.45) is 1.46. The lowest BCUT2D eigenvalue weighted by molar-refractivity contribution is 0.0396. The minimum atomic E-state index is -0.239. The third-order valence-electron chi connectivity index (χ3n) is 3.76. The fraction of sp³-hybridized carbons (Fsp3) is 0.357. The van der Waals surface area contributed by atoms with Gasteiger partial charge in [-0.3, -0.25) is 4.79 Å². The van der Waals surface area contributed by atoms with Crippen LogP contribution in [0.25, 0.3) is 11.2 Å². The van der Waals surface area contributed by atoms with Crippen LogP contribution in [0.5, 0.6) is 0 Å². The number of ether oxygens (including phenoxy) is 1. The van der Waals surface area contributed by atoms with Crippen molar-refractivity contribution in [3.63, 3.8) is 0 Å². The molecule has 0 radical (unpaired) electrons. The van der Waals surface area contributed by atoms with E-state index in [1.807, 2.05) is 0 Å². The number of carbonyl (C=O) groups is 1. The summed E-state index contributed by atoms with van der Waals surface area (Å²) in [4.78, 5) is 25.6. The van der Waals surface area contributed by atoms with Crippen molar-refractivity contribution in [3.8, 4) is 0 Å². The highest BCUT2D eigenvalue weighted by molar-refractivity contribution is 7.13. The van der Waals surface area contributed by atoms with Crippen molar-refractivity contribution in [1.29, 1.82) is 0 Å². The Morgan fingerprint density at radius 1 is 1.50 bits per heavy atom. The van der Waals surface area contributed by atoms with Crippen LogP contribution in [-0.4, -0.2) is 63.4 Å². The Hall–Kier alpha value is -2.59. The van der Waals surface area contributed by atoms with Gasteiger partial charge in [0.15, 0.2) is 5.65 Å². The fourth-order valence-corrected chi connectivity index (χ4v) is 3.17. The van der Waals surface area contributed by atoms with Gasteiger partial charge in [-0.1, -0.05) is 11.3 Å². The molecule has 4 heterocycles. The molecule has 1 amide bonds. The molecule has 0 spiro atoms. The SMILES string of the molecule is O=C(NCC1CN(c2nncs2)CCO1)c1ccc2[nH]cnc2n1. The highest BCUT2D eigenvalue weighted by Crippen LogP contribution is 2.18. The molecule has 1 aliphatic heterocycles. The number of imidazole rings is 1. The van der Waals surface area contributed by atoms with Crippen LogP contribution in [-0.2, 0) is 4.74 Å². The van der Waals surface area contributed by atoms with E-state index in [1.54, 1.807) is 24.0 Å². The standard InChI is InChI=1S/C14H15N7O2S/c22-13(11-2-1-10-12(19-11)17-7-16-10)15-5-9-6-21(3-4-23-9)14-20-18-8-24-14/h1-2,7-9H,3-6H2,(H,15,22)(H,16,17,19). The molecule has 4 rings (SSSR count). The predicted molar refractivity (Wildman–Crippen MR) is 88.1 cm³/mol. The van der Waals surface area contributed by atoms with Crippen LogP contribution in [0.2, 0.25) is 0 Å². The molecule has 2 N–H and O–H groups in total. The topological polar surface area (TPSA) is 109 Å². The van der Waals surface area contributed by atoms with Crippen LogP contribution in [0.4, 0.5) is 5.13 Å². The molecule has 0 aliphatic carbocycles. The molecule has 0 bridgehead atoms. The van der Waals surface area contributed by atoms with E-state index in [2.05, 4.69) is 35.4 Å². The monoisotopic (exact) mass is 345 g/mol. The number of carbonyl (C=O) groups excluding carboxylic acids is 1. The molecule has 1 saturated heterocycles. The molecule has 24 heavy (non-hydrogen) atoms. The molecule has 1 atom stereocenters. The van der Waals surface area contributed by atoms with Crippen molar-refractivity contribution in [2.24, 2.45) is 0 Å². The Balaban J connectivity index is 1.36. The average Bonchev–Trinajstić information content (AvgIpc) is 3.30. The lowest BCUT2D eigenvalue weighted by Gasteiger charge is -2.32. The largest absolute Gasteiger partial charge is 0.373 e. The van der Waals surface area contributed by atoms with Crippen LogP contribution < -0.4 is 10.2 Å². The van der Waals surface area contributed by atoms with Crippen molar-refractivity contribution in [1.82, 2.24) is 30.5 Å². The number of fused-ring (bicyclic) bond motifs is 1. The van der Waals surface area contributed by atoms with E-state index in [0.29, 0.717) is 31.0 Å². The summed E-state index contributed by atoms with van der Waals surface area (Å²) < 4.78 is 5.71. The van der Waals surface area contributed by atoms with Crippen molar-refractivity contribution in [3.05, 3.63) is 29.7 Å². The molecule has 124 valence electrons. The summed E-state index contributed by atoms with van der Waals surface area (Å²) in [6.45, 7) is 2.45. The van der Waals surface area contributed by atoms with Crippen molar-refractivity contribution in [2.75, 3.05) is 31.1 Å². The number of rotatable bonds is 4. The average molecular weight is 345 g/mol.